The zero-order valence-corrected chi connectivity index (χ0v) is 12.4. The molecule has 1 atom stereocenters. The summed E-state index contributed by atoms with van der Waals surface area (Å²) < 4.78 is 0. The first-order valence-electron chi connectivity index (χ1n) is 7.87. The van der Waals surface area contributed by atoms with Crippen LogP contribution in [0.2, 0.25) is 0 Å². The van der Waals surface area contributed by atoms with Crippen molar-refractivity contribution < 1.29 is 19.5 Å². The Balaban J connectivity index is 1.92. The van der Waals surface area contributed by atoms with E-state index in [0.29, 0.717) is 19.5 Å². The minimum absolute atomic E-state index is 0.000311. The monoisotopic (exact) mass is 296 g/mol. The molecule has 2 rings (SSSR count). The first-order valence-corrected chi connectivity index (χ1v) is 7.87. The van der Waals surface area contributed by atoms with E-state index >= 15 is 0 Å². The summed E-state index contributed by atoms with van der Waals surface area (Å²) >= 11 is 0. The lowest BCUT2D eigenvalue weighted by molar-refractivity contribution is -0.143. The molecule has 118 valence electrons. The van der Waals surface area contributed by atoms with Crippen molar-refractivity contribution in [2.45, 2.75) is 57.4 Å². The van der Waals surface area contributed by atoms with Gasteiger partial charge in [-0.15, -0.1) is 0 Å². The number of carbonyl (C=O) groups excluding carboxylic acids is 2. The van der Waals surface area contributed by atoms with E-state index in [1.165, 1.54) is 0 Å². The van der Waals surface area contributed by atoms with Gasteiger partial charge in [0.05, 0.1) is 13.0 Å². The normalized spacial score (nSPS) is 23.8. The summed E-state index contributed by atoms with van der Waals surface area (Å²) in [7, 11) is 0. The predicted octanol–water partition coefficient (Wildman–Crippen LogP) is 1.24. The molecular formula is C15H24N2O4. The second kappa shape index (κ2) is 7.43. The molecule has 1 N–H and O–H groups in total. The zero-order chi connectivity index (χ0) is 15.2. The molecule has 2 aliphatic heterocycles. The third-order valence-corrected chi connectivity index (χ3v) is 4.36. The van der Waals surface area contributed by atoms with Gasteiger partial charge in [0.2, 0.25) is 11.8 Å². The Hall–Kier alpha value is -1.59. The van der Waals surface area contributed by atoms with Crippen molar-refractivity contribution >= 4 is 17.8 Å². The number of likely N-dealkylation sites (tertiary alicyclic amines) is 2. The molecule has 2 saturated heterocycles. The van der Waals surface area contributed by atoms with Gasteiger partial charge >= 0.3 is 5.97 Å². The number of aliphatic carboxylic acids is 1. The van der Waals surface area contributed by atoms with Gasteiger partial charge in [0.1, 0.15) is 0 Å². The molecule has 0 bridgehead atoms. The molecule has 0 aromatic rings. The van der Waals surface area contributed by atoms with Crippen LogP contribution in [-0.2, 0) is 14.4 Å². The average Bonchev–Trinajstić information content (AvgIpc) is 2.85. The average molecular weight is 296 g/mol. The summed E-state index contributed by atoms with van der Waals surface area (Å²) in [5, 5.41) is 8.90. The Morgan fingerprint density at radius 1 is 1.10 bits per heavy atom. The van der Waals surface area contributed by atoms with Gasteiger partial charge in [0.15, 0.2) is 0 Å². The van der Waals surface area contributed by atoms with Crippen LogP contribution in [0, 0.1) is 0 Å². The minimum Gasteiger partial charge on any atom is -0.481 e. The molecule has 0 aromatic carbocycles. The Kier molecular flexibility index (Phi) is 5.59. The quantitative estimate of drug-likeness (QED) is 0.847. The number of hydrogen-bond donors (Lipinski definition) is 1. The molecule has 0 spiro atoms. The Labute approximate surface area is 125 Å². The van der Waals surface area contributed by atoms with E-state index in [2.05, 4.69) is 0 Å². The molecule has 1 unspecified atom stereocenters. The second-order valence-electron chi connectivity index (χ2n) is 5.96. The van der Waals surface area contributed by atoms with Gasteiger partial charge in [-0.3, -0.25) is 14.4 Å². The van der Waals surface area contributed by atoms with Crippen molar-refractivity contribution in [2.24, 2.45) is 0 Å². The van der Waals surface area contributed by atoms with Crippen LogP contribution in [0.25, 0.3) is 0 Å². The van der Waals surface area contributed by atoms with E-state index < -0.39 is 5.97 Å². The van der Waals surface area contributed by atoms with Gasteiger partial charge in [0.25, 0.3) is 0 Å². The van der Waals surface area contributed by atoms with E-state index in [1.54, 1.807) is 9.80 Å². The van der Waals surface area contributed by atoms with Crippen LogP contribution >= 0.6 is 0 Å². The van der Waals surface area contributed by atoms with Crippen LogP contribution in [0.15, 0.2) is 0 Å². The first kappa shape index (κ1) is 15.8. The Bertz CT molecular complexity index is 410. The van der Waals surface area contributed by atoms with Gasteiger partial charge < -0.3 is 14.9 Å². The molecule has 0 radical (unpaired) electrons. The molecular weight excluding hydrogens is 272 g/mol. The maximum absolute atomic E-state index is 12.4. The largest absolute Gasteiger partial charge is 0.481 e. The SMILES string of the molecule is O=C(O)CC1CCCN1C(=O)CN1CCCCCCC1=O. The second-order valence-corrected chi connectivity index (χ2v) is 5.96. The van der Waals surface area contributed by atoms with Crippen LogP contribution < -0.4 is 0 Å². The number of amides is 2. The highest BCUT2D eigenvalue weighted by Gasteiger charge is 2.31. The summed E-state index contributed by atoms with van der Waals surface area (Å²) in [4.78, 5) is 38.6. The van der Waals surface area contributed by atoms with E-state index in [0.717, 1.165) is 38.5 Å². The summed E-state index contributed by atoms with van der Waals surface area (Å²) in [6.45, 7) is 1.36. The number of nitrogens with zero attached hydrogens (tertiary/aromatic N) is 2. The number of hydrogen-bond acceptors (Lipinski definition) is 3. The van der Waals surface area contributed by atoms with Crippen LogP contribution in [0.5, 0.6) is 0 Å². The molecule has 2 amide bonds. The highest BCUT2D eigenvalue weighted by molar-refractivity contribution is 5.85. The number of rotatable bonds is 4. The lowest BCUT2D eigenvalue weighted by Gasteiger charge is -2.29. The fraction of sp³-hybridized carbons (Fsp3) is 0.800. The molecule has 0 aliphatic carbocycles. The van der Waals surface area contributed by atoms with Crippen molar-refractivity contribution in [3.05, 3.63) is 0 Å². The van der Waals surface area contributed by atoms with Crippen LogP contribution in [0.3, 0.4) is 0 Å². The number of carboxylic acid groups (broad SMARTS) is 1. The van der Waals surface area contributed by atoms with Gasteiger partial charge in [-0.25, -0.2) is 0 Å². The number of carboxylic acids is 1. The molecule has 6 heteroatoms. The first-order chi connectivity index (χ1) is 10.1. The van der Waals surface area contributed by atoms with E-state index in [1.807, 2.05) is 0 Å². The van der Waals surface area contributed by atoms with E-state index in [4.69, 9.17) is 5.11 Å². The summed E-state index contributed by atoms with van der Waals surface area (Å²) in [5.41, 5.74) is 0. The zero-order valence-electron chi connectivity index (χ0n) is 12.4. The standard InChI is InChI=1S/C15H24N2O4/c18-13-7-3-1-2-4-8-16(13)11-14(19)17-9-5-6-12(17)10-15(20)21/h12H,1-11H2,(H,20,21). The summed E-state index contributed by atoms with van der Waals surface area (Å²) in [6, 6.07) is -0.208. The van der Waals surface area contributed by atoms with Crippen molar-refractivity contribution in [3.63, 3.8) is 0 Å². The molecule has 2 aliphatic rings. The van der Waals surface area contributed by atoms with Gasteiger partial charge in [-0.05, 0) is 25.7 Å². The van der Waals surface area contributed by atoms with Gasteiger partial charge in [0, 0.05) is 25.6 Å². The fourth-order valence-corrected chi connectivity index (χ4v) is 3.21. The van der Waals surface area contributed by atoms with Gasteiger partial charge in [-0.2, -0.15) is 0 Å². The molecule has 2 heterocycles. The highest BCUT2D eigenvalue weighted by atomic mass is 16.4. The molecule has 6 nitrogen and oxygen atoms in total. The highest BCUT2D eigenvalue weighted by Crippen LogP contribution is 2.21. The minimum atomic E-state index is -0.873. The van der Waals surface area contributed by atoms with Crippen molar-refractivity contribution in [2.75, 3.05) is 19.6 Å². The van der Waals surface area contributed by atoms with Crippen LogP contribution in [-0.4, -0.2) is 58.4 Å². The molecule has 21 heavy (non-hydrogen) atoms. The van der Waals surface area contributed by atoms with Crippen LogP contribution in [0.4, 0.5) is 0 Å². The molecule has 0 aromatic heterocycles. The molecule has 2 fully saturated rings. The van der Waals surface area contributed by atoms with Crippen molar-refractivity contribution in [1.29, 1.82) is 0 Å². The molecule has 0 saturated carbocycles. The van der Waals surface area contributed by atoms with E-state index in [-0.39, 0.29) is 30.8 Å². The Morgan fingerprint density at radius 2 is 1.86 bits per heavy atom. The maximum Gasteiger partial charge on any atom is 0.305 e. The lowest BCUT2D eigenvalue weighted by atomic mass is 10.1. The Morgan fingerprint density at radius 3 is 2.62 bits per heavy atom. The third-order valence-electron chi connectivity index (χ3n) is 4.36. The third kappa shape index (κ3) is 4.44. The topological polar surface area (TPSA) is 77.9 Å². The van der Waals surface area contributed by atoms with Crippen molar-refractivity contribution in [3.8, 4) is 0 Å². The fourth-order valence-electron chi connectivity index (χ4n) is 3.21. The van der Waals surface area contributed by atoms with Gasteiger partial charge in [-0.1, -0.05) is 12.8 Å². The predicted molar refractivity (Wildman–Crippen MR) is 76.7 cm³/mol. The van der Waals surface area contributed by atoms with Crippen molar-refractivity contribution in [1.82, 2.24) is 9.80 Å². The van der Waals surface area contributed by atoms with E-state index in [9.17, 15) is 14.4 Å². The smallest absolute Gasteiger partial charge is 0.305 e. The summed E-state index contributed by atoms with van der Waals surface area (Å²) in [6.07, 6.45) is 6.13. The van der Waals surface area contributed by atoms with Crippen LogP contribution in [0.1, 0.15) is 51.4 Å². The lowest BCUT2D eigenvalue weighted by Crippen LogP contribution is -2.45. The maximum atomic E-state index is 12.4. The number of carbonyl (C=O) groups is 3. The summed E-state index contributed by atoms with van der Waals surface area (Å²) in [5.74, 6) is -0.924.